The zero-order chi connectivity index (χ0) is 23.3. The smallest absolute Gasteiger partial charge is 0.411 e. The lowest BCUT2D eigenvalue weighted by Gasteiger charge is -2.42. The first kappa shape index (κ1) is 26.5. The third-order valence-electron chi connectivity index (χ3n) is 6.16. The summed E-state index contributed by atoms with van der Waals surface area (Å²) in [6.45, 7) is -0.845. The van der Waals surface area contributed by atoms with Gasteiger partial charge in [0.15, 0.2) is 6.35 Å². The van der Waals surface area contributed by atoms with Crippen molar-refractivity contribution in [2.45, 2.75) is 92.9 Å². The van der Waals surface area contributed by atoms with Gasteiger partial charge in [0.05, 0.1) is 5.38 Å². The van der Waals surface area contributed by atoms with Crippen LogP contribution in [0.3, 0.4) is 0 Å². The Morgan fingerprint density at radius 1 is 1.06 bits per heavy atom. The summed E-state index contributed by atoms with van der Waals surface area (Å²) in [6.07, 6.45) is -3.72. The monoisotopic (exact) mass is 508 g/mol. The molecular formula is C18H31ClF4N5O3S-. The van der Waals surface area contributed by atoms with Crippen LogP contribution >= 0.6 is 11.6 Å². The van der Waals surface area contributed by atoms with E-state index in [0.29, 0.717) is 38.6 Å². The number of halogens is 5. The fourth-order valence-electron chi connectivity index (χ4n) is 4.38. The van der Waals surface area contributed by atoms with Gasteiger partial charge in [-0.15, -0.1) is 11.6 Å². The van der Waals surface area contributed by atoms with E-state index >= 15 is 0 Å². The zero-order valence-corrected chi connectivity index (χ0v) is 19.1. The molecule has 8 nitrogen and oxygen atoms in total. The molecule has 1 aliphatic heterocycles. The Hall–Kier alpha value is -0.120. The Morgan fingerprint density at radius 2 is 1.75 bits per heavy atom. The van der Waals surface area contributed by atoms with Gasteiger partial charge in [-0.05, 0) is 50.9 Å². The van der Waals surface area contributed by atoms with Gasteiger partial charge in [-0.2, -0.15) is 13.2 Å². The zero-order valence-electron chi connectivity index (χ0n) is 17.5. The minimum atomic E-state index is -4.47. The lowest BCUT2D eigenvalue weighted by atomic mass is 9.89. The molecule has 7 atom stereocenters. The van der Waals surface area contributed by atoms with Crippen molar-refractivity contribution < 1.29 is 31.1 Å². The molecule has 1 saturated heterocycles. The maximum Gasteiger partial charge on any atom is 0.411 e. The summed E-state index contributed by atoms with van der Waals surface area (Å²) >= 11 is 3.98. The molecule has 3 rings (SSSR count). The lowest BCUT2D eigenvalue weighted by molar-refractivity contribution is -0.199. The summed E-state index contributed by atoms with van der Waals surface area (Å²) in [5.41, 5.74) is 0. The molecule has 5 N–H and O–H groups in total. The van der Waals surface area contributed by atoms with Crippen molar-refractivity contribution in [1.29, 1.82) is 0 Å². The maximum absolute atomic E-state index is 13.6. The van der Waals surface area contributed by atoms with Gasteiger partial charge in [-0.25, -0.2) is 4.39 Å². The van der Waals surface area contributed by atoms with Gasteiger partial charge in [0.25, 0.3) is 0 Å². The van der Waals surface area contributed by atoms with Crippen LogP contribution in [0.1, 0.15) is 44.9 Å². The summed E-state index contributed by atoms with van der Waals surface area (Å²) in [7, 11) is 0. The number of rotatable bonds is 8. The van der Waals surface area contributed by atoms with E-state index in [1.54, 1.807) is 0 Å². The van der Waals surface area contributed by atoms with E-state index in [4.69, 9.17) is 16.3 Å². The molecule has 7 unspecified atom stereocenters. The van der Waals surface area contributed by atoms with Gasteiger partial charge >= 0.3 is 6.18 Å². The highest BCUT2D eigenvalue weighted by molar-refractivity contribution is 7.79. The summed E-state index contributed by atoms with van der Waals surface area (Å²) in [5, 5.41) is 14.5. The van der Waals surface area contributed by atoms with Crippen molar-refractivity contribution >= 4 is 22.7 Å². The van der Waals surface area contributed by atoms with E-state index in [2.05, 4.69) is 26.6 Å². The average Bonchev–Trinajstić information content (AvgIpc) is 2.73. The van der Waals surface area contributed by atoms with E-state index < -0.39 is 54.3 Å². The molecule has 3 fully saturated rings. The molecule has 2 saturated carbocycles. The van der Waals surface area contributed by atoms with Crippen LogP contribution < -0.4 is 26.6 Å². The van der Waals surface area contributed by atoms with Gasteiger partial charge < -0.3 is 9.29 Å². The van der Waals surface area contributed by atoms with Crippen molar-refractivity contribution in [2.24, 2.45) is 5.92 Å². The van der Waals surface area contributed by atoms with Crippen molar-refractivity contribution in [3.63, 3.8) is 0 Å². The fraction of sp³-hybridized carbons (Fsp3) is 1.00. The molecule has 0 radical (unpaired) electrons. The van der Waals surface area contributed by atoms with Crippen molar-refractivity contribution in [3.05, 3.63) is 0 Å². The topological polar surface area (TPSA) is 110 Å². The second-order valence-electron chi connectivity index (χ2n) is 8.69. The molecule has 0 amide bonds. The van der Waals surface area contributed by atoms with Crippen molar-refractivity contribution in [2.75, 3.05) is 13.2 Å². The second-order valence-corrected chi connectivity index (χ2v) is 10.4. The van der Waals surface area contributed by atoms with Gasteiger partial charge in [0.1, 0.15) is 25.4 Å². The van der Waals surface area contributed by atoms with E-state index in [1.807, 2.05) is 0 Å². The third kappa shape index (κ3) is 8.58. The first-order valence-electron chi connectivity index (χ1n) is 10.9. The molecule has 188 valence electrons. The molecule has 2 aliphatic carbocycles. The predicted molar refractivity (Wildman–Crippen MR) is 111 cm³/mol. The van der Waals surface area contributed by atoms with Crippen molar-refractivity contribution in [3.8, 4) is 0 Å². The van der Waals surface area contributed by atoms with Crippen LogP contribution in [0.4, 0.5) is 17.6 Å². The van der Waals surface area contributed by atoms with Crippen LogP contribution in [0.5, 0.6) is 0 Å². The molecular weight excluding hydrogens is 478 g/mol. The fourth-order valence-corrected chi connectivity index (χ4v) is 5.38. The third-order valence-corrected chi connectivity index (χ3v) is 7.62. The highest BCUT2D eigenvalue weighted by Gasteiger charge is 2.35. The quantitative estimate of drug-likeness (QED) is 0.190. The largest absolute Gasteiger partial charge is 0.772 e. The van der Waals surface area contributed by atoms with Gasteiger partial charge in [0, 0.05) is 17.8 Å². The first-order chi connectivity index (χ1) is 15.1. The van der Waals surface area contributed by atoms with Crippen LogP contribution in [-0.2, 0) is 15.8 Å². The number of hydrogen-bond donors (Lipinski definition) is 5. The molecule has 0 aromatic heterocycles. The molecule has 0 spiro atoms. The van der Waals surface area contributed by atoms with Crippen LogP contribution in [0.2, 0.25) is 0 Å². The van der Waals surface area contributed by atoms with Crippen LogP contribution in [0.15, 0.2) is 0 Å². The van der Waals surface area contributed by atoms with Gasteiger partial charge in [0.2, 0.25) is 0 Å². The molecule has 0 aromatic carbocycles. The first-order valence-corrected chi connectivity index (χ1v) is 12.5. The SMILES string of the molecule is O=S([O-])C1CCC(CNC2NC(NC3CCC(F)C(Cl)C3)NC(OCC(F)(F)F)N2)CC1. The van der Waals surface area contributed by atoms with Crippen LogP contribution in [0, 0.1) is 5.92 Å². The Balaban J connectivity index is 1.51. The van der Waals surface area contributed by atoms with E-state index in [1.165, 1.54) is 0 Å². The molecule has 0 aromatic rings. The van der Waals surface area contributed by atoms with Crippen LogP contribution in [-0.4, -0.2) is 69.9 Å². The van der Waals surface area contributed by atoms with E-state index in [9.17, 15) is 26.3 Å². The number of hydrogen-bond acceptors (Lipinski definition) is 8. The second kappa shape index (κ2) is 12.0. The molecule has 32 heavy (non-hydrogen) atoms. The number of alkyl halides is 5. The normalized spacial score (nSPS) is 40.2. The maximum atomic E-state index is 13.6. The summed E-state index contributed by atoms with van der Waals surface area (Å²) < 4.78 is 78.6. The van der Waals surface area contributed by atoms with Crippen LogP contribution in [0.25, 0.3) is 0 Å². The molecule has 0 bridgehead atoms. The van der Waals surface area contributed by atoms with Gasteiger partial charge in [-0.1, -0.05) is 11.1 Å². The Morgan fingerprint density at radius 3 is 2.38 bits per heavy atom. The summed E-state index contributed by atoms with van der Waals surface area (Å²) in [6, 6.07) is -0.0974. The number of ether oxygens (including phenoxy) is 1. The minimum absolute atomic E-state index is 0.0974. The highest BCUT2D eigenvalue weighted by atomic mass is 35.5. The molecule has 3 aliphatic rings. The Kier molecular flexibility index (Phi) is 9.95. The molecule has 14 heteroatoms. The van der Waals surface area contributed by atoms with Gasteiger partial charge in [-0.3, -0.25) is 30.8 Å². The summed E-state index contributed by atoms with van der Waals surface area (Å²) in [4.78, 5) is 0. The molecule has 1 heterocycles. The highest BCUT2D eigenvalue weighted by Crippen LogP contribution is 2.27. The minimum Gasteiger partial charge on any atom is -0.772 e. The van der Waals surface area contributed by atoms with E-state index in [0.717, 1.165) is 12.8 Å². The lowest BCUT2D eigenvalue weighted by Crippen LogP contribution is -2.76. The number of nitrogens with one attached hydrogen (secondary N) is 5. The van der Waals surface area contributed by atoms with Crippen molar-refractivity contribution in [1.82, 2.24) is 26.6 Å². The summed E-state index contributed by atoms with van der Waals surface area (Å²) in [5.74, 6) is 0.270. The predicted octanol–water partition coefficient (Wildman–Crippen LogP) is 1.31. The van der Waals surface area contributed by atoms with E-state index in [-0.39, 0.29) is 17.2 Å². The average molecular weight is 509 g/mol. The standard InChI is InChI=1S/C18H32ClF4N5O3S/c19-13-7-11(3-6-14(13)20)25-16-26-15(27-17(28-16)31-9-18(21,22)23)24-8-10-1-4-12(5-2-10)32(29)30/h10-17,24-28H,1-9H2,(H,29,30)/p-1. The Labute approximate surface area is 192 Å². The Bertz CT molecular complexity index is 618.